The molecule has 0 spiro atoms. The molecule has 2 heteroatoms. The summed E-state index contributed by atoms with van der Waals surface area (Å²) in [5.74, 6) is 0. The summed E-state index contributed by atoms with van der Waals surface area (Å²) >= 11 is 0. The maximum absolute atomic E-state index is 2.57. The molecule has 1 rings (SSSR count). The van der Waals surface area contributed by atoms with Gasteiger partial charge in [0.2, 0.25) is 0 Å². The third-order valence-electron chi connectivity index (χ3n) is 5.18. The molecule has 0 nitrogen and oxygen atoms in total. The lowest BCUT2D eigenvalue weighted by molar-refractivity contribution is 0.569. The van der Waals surface area contributed by atoms with Gasteiger partial charge in [-0.3, -0.25) is 0 Å². The van der Waals surface area contributed by atoms with E-state index in [1.54, 1.807) is 5.19 Å². The van der Waals surface area contributed by atoms with Gasteiger partial charge in [0, 0.05) is 8.80 Å². The van der Waals surface area contributed by atoms with E-state index in [0.717, 1.165) is 0 Å². The molecule has 1 radical (unpaired) electrons. The van der Waals surface area contributed by atoms with Crippen molar-refractivity contribution in [1.82, 2.24) is 0 Å². The van der Waals surface area contributed by atoms with Gasteiger partial charge < -0.3 is 0 Å². The number of unbranched alkanes of at least 4 members (excludes halogenated alkanes) is 1. The molecule has 0 aliphatic rings. The largest absolute Gasteiger partial charge is 0.0806 e. The summed E-state index contributed by atoms with van der Waals surface area (Å²) in [5, 5.41) is 1.67. The Kier molecular flexibility index (Phi) is 7.15. The Balaban J connectivity index is 3.12. The van der Waals surface area contributed by atoms with Gasteiger partial charge in [-0.2, -0.15) is 0 Å². The van der Waals surface area contributed by atoms with Crippen molar-refractivity contribution >= 4 is 22.1 Å². The molecule has 0 N–H and O–H groups in total. The molecule has 0 aliphatic carbocycles. The molecule has 0 bridgehead atoms. The quantitative estimate of drug-likeness (QED) is 0.389. The molecule has 1 aromatic rings. The van der Waals surface area contributed by atoms with Gasteiger partial charge >= 0.3 is 0 Å². The summed E-state index contributed by atoms with van der Waals surface area (Å²) in [6, 6.07) is 10.4. The van der Waals surface area contributed by atoms with Crippen LogP contribution >= 0.6 is 0 Å². The highest BCUT2D eigenvalue weighted by Crippen LogP contribution is 2.29. The van der Waals surface area contributed by atoms with Crippen LogP contribution in [0.15, 0.2) is 18.2 Å². The highest BCUT2D eigenvalue weighted by Gasteiger charge is 2.27. The van der Waals surface area contributed by atoms with Crippen LogP contribution in [0.2, 0.25) is 38.3 Å². The SMILES string of the molecule is C[Si](C)CCCC[Si](C)(C)c1cc(C(C)(C)C)cc(C(C)(C)C)c1. The summed E-state index contributed by atoms with van der Waals surface area (Å²) in [7, 11) is -1.41. The molecule has 137 valence electrons. The van der Waals surface area contributed by atoms with Crippen molar-refractivity contribution in [1.29, 1.82) is 0 Å². The smallest absolute Gasteiger partial charge is 0.0713 e. The first-order valence-corrected chi connectivity index (χ1v) is 15.6. The van der Waals surface area contributed by atoms with E-state index in [1.807, 2.05) is 0 Å². The number of hydrogen-bond acceptors (Lipinski definition) is 0. The second-order valence-electron chi connectivity index (χ2n) is 10.6. The molecule has 1 aromatic carbocycles. The van der Waals surface area contributed by atoms with Gasteiger partial charge in [-0.1, -0.05) is 116 Å². The van der Waals surface area contributed by atoms with Crippen molar-refractivity contribution in [2.75, 3.05) is 0 Å². The Morgan fingerprint density at radius 2 is 1.25 bits per heavy atom. The number of hydrogen-bond donors (Lipinski definition) is 0. The van der Waals surface area contributed by atoms with Gasteiger partial charge in [0.1, 0.15) is 0 Å². The van der Waals surface area contributed by atoms with Crippen LogP contribution in [-0.4, -0.2) is 16.9 Å². The van der Waals surface area contributed by atoms with E-state index < -0.39 is 8.07 Å². The molecule has 0 heterocycles. The van der Waals surface area contributed by atoms with Crippen LogP contribution in [-0.2, 0) is 10.8 Å². The monoisotopic (exact) mass is 361 g/mol. The van der Waals surface area contributed by atoms with Crippen molar-refractivity contribution in [2.45, 2.75) is 103 Å². The van der Waals surface area contributed by atoms with Gasteiger partial charge in [0.15, 0.2) is 0 Å². The fraction of sp³-hybridized carbons (Fsp3) is 0.727. The molecule has 0 amide bonds. The molecule has 24 heavy (non-hydrogen) atoms. The van der Waals surface area contributed by atoms with Gasteiger partial charge in [0.05, 0.1) is 8.07 Å². The minimum Gasteiger partial charge on any atom is -0.0713 e. The lowest BCUT2D eigenvalue weighted by Gasteiger charge is -2.31. The standard InChI is InChI=1S/C22H41Si2/c1-21(2,3)18-15-19(22(4,5)6)17-20(16-18)24(9,10)14-12-11-13-23(7)8/h15-17H,11-14H2,1-10H3. The Hall–Kier alpha value is -0.346. The van der Waals surface area contributed by atoms with Crippen LogP contribution in [0.5, 0.6) is 0 Å². The summed E-state index contributed by atoms with van der Waals surface area (Å²) in [4.78, 5) is 0. The normalized spacial score (nSPS) is 13.6. The van der Waals surface area contributed by atoms with Crippen LogP contribution in [0.3, 0.4) is 0 Å². The maximum atomic E-state index is 2.57. The molecule has 0 aromatic heterocycles. The van der Waals surface area contributed by atoms with Gasteiger partial charge in [-0.15, -0.1) is 0 Å². The highest BCUT2D eigenvalue weighted by atomic mass is 28.3. The zero-order valence-electron chi connectivity index (χ0n) is 18.1. The van der Waals surface area contributed by atoms with Crippen molar-refractivity contribution < 1.29 is 0 Å². The highest BCUT2D eigenvalue weighted by molar-refractivity contribution is 6.89. The average Bonchev–Trinajstić information content (AvgIpc) is 2.41. The zero-order valence-corrected chi connectivity index (χ0v) is 20.1. The van der Waals surface area contributed by atoms with Crippen molar-refractivity contribution in [2.24, 2.45) is 0 Å². The van der Waals surface area contributed by atoms with Crippen LogP contribution in [0.1, 0.15) is 65.5 Å². The first-order chi connectivity index (χ1) is 10.7. The Bertz CT molecular complexity index is 496. The van der Waals surface area contributed by atoms with Crippen molar-refractivity contribution in [3.63, 3.8) is 0 Å². The minimum absolute atomic E-state index is 0.0521. The van der Waals surface area contributed by atoms with E-state index in [-0.39, 0.29) is 19.6 Å². The number of benzene rings is 1. The van der Waals surface area contributed by atoms with E-state index in [1.165, 1.54) is 36.1 Å². The van der Waals surface area contributed by atoms with Gasteiger partial charge in [-0.25, -0.2) is 0 Å². The summed E-state index contributed by atoms with van der Waals surface area (Å²) in [6.07, 6.45) is 2.85. The molecule has 0 saturated heterocycles. The van der Waals surface area contributed by atoms with Crippen LogP contribution in [0.4, 0.5) is 0 Å². The van der Waals surface area contributed by atoms with E-state index in [2.05, 4.69) is 85.9 Å². The average molecular weight is 362 g/mol. The topological polar surface area (TPSA) is 0 Å². The van der Waals surface area contributed by atoms with E-state index in [4.69, 9.17) is 0 Å². The van der Waals surface area contributed by atoms with Crippen LogP contribution in [0, 0.1) is 0 Å². The first-order valence-electron chi connectivity index (χ1n) is 9.69. The molecular weight excluding hydrogens is 320 g/mol. The zero-order chi connectivity index (χ0) is 18.8. The summed E-state index contributed by atoms with van der Waals surface area (Å²) in [5.41, 5.74) is 3.47. The Morgan fingerprint density at radius 3 is 1.62 bits per heavy atom. The van der Waals surface area contributed by atoms with Crippen LogP contribution in [0.25, 0.3) is 0 Å². The fourth-order valence-corrected chi connectivity index (χ4v) is 6.55. The maximum Gasteiger partial charge on any atom is 0.0806 e. The second kappa shape index (κ2) is 7.91. The minimum atomic E-state index is -1.36. The summed E-state index contributed by atoms with van der Waals surface area (Å²) in [6.45, 7) is 24.1. The molecule has 0 saturated carbocycles. The summed E-state index contributed by atoms with van der Waals surface area (Å²) < 4.78 is 0. The number of rotatable bonds is 6. The van der Waals surface area contributed by atoms with E-state index >= 15 is 0 Å². The fourth-order valence-electron chi connectivity index (χ4n) is 3.07. The first kappa shape index (κ1) is 21.7. The lowest BCUT2D eigenvalue weighted by atomic mass is 9.81. The third kappa shape index (κ3) is 6.52. The van der Waals surface area contributed by atoms with E-state index in [9.17, 15) is 0 Å². The second-order valence-corrected chi connectivity index (χ2v) is 18.4. The van der Waals surface area contributed by atoms with Crippen molar-refractivity contribution in [3.8, 4) is 0 Å². The molecule has 0 unspecified atom stereocenters. The van der Waals surface area contributed by atoms with E-state index in [0.29, 0.717) is 0 Å². The Morgan fingerprint density at radius 1 is 0.792 bits per heavy atom. The third-order valence-corrected chi connectivity index (χ3v) is 9.98. The molecular formula is C22H41Si2. The molecule has 0 aliphatic heterocycles. The lowest BCUT2D eigenvalue weighted by Crippen LogP contribution is -2.42. The van der Waals surface area contributed by atoms with Crippen LogP contribution < -0.4 is 5.19 Å². The Labute approximate surface area is 155 Å². The molecule has 0 atom stereocenters. The van der Waals surface area contributed by atoms with Crippen molar-refractivity contribution in [3.05, 3.63) is 29.3 Å². The predicted octanol–water partition coefficient (Wildman–Crippen LogP) is 6.73. The van der Waals surface area contributed by atoms with Gasteiger partial charge in [0.25, 0.3) is 0 Å². The molecule has 0 fully saturated rings. The predicted molar refractivity (Wildman–Crippen MR) is 117 cm³/mol. The van der Waals surface area contributed by atoms with Gasteiger partial charge in [-0.05, 0) is 22.0 Å².